The van der Waals surface area contributed by atoms with E-state index in [9.17, 15) is 23.1 Å². The minimum atomic E-state index is -4.82. The van der Waals surface area contributed by atoms with Crippen LogP contribution in [0.1, 0.15) is 32.0 Å². The minimum absolute atomic E-state index is 0.0110. The summed E-state index contributed by atoms with van der Waals surface area (Å²) in [6, 6.07) is 9.97. The van der Waals surface area contributed by atoms with Crippen LogP contribution < -0.4 is 15.7 Å². The number of aliphatic hydroxyl groups excluding tert-OH is 1. The lowest BCUT2D eigenvalue weighted by atomic mass is 10.2. The first-order chi connectivity index (χ1) is 14.4. The Morgan fingerprint density at radius 2 is 1.84 bits per heavy atom. The molecule has 0 radical (unpaired) electrons. The van der Waals surface area contributed by atoms with Gasteiger partial charge in [-0.1, -0.05) is 30.3 Å². The summed E-state index contributed by atoms with van der Waals surface area (Å²) in [4.78, 5) is 17.7. The maximum Gasteiger partial charge on any atom is 0.437 e. The smallest absolute Gasteiger partial charge is 0.413 e. The molecule has 2 N–H and O–H groups in total. The first-order valence-corrected chi connectivity index (χ1v) is 9.35. The van der Waals surface area contributed by atoms with Crippen LogP contribution >= 0.6 is 0 Å². The summed E-state index contributed by atoms with van der Waals surface area (Å²) in [7, 11) is 1.07. The van der Waals surface area contributed by atoms with E-state index in [0.717, 1.165) is 11.8 Å². The molecule has 0 aliphatic rings. The Kier molecular flexibility index (Phi) is 6.01. The molecule has 3 aromatic rings. The molecular weight excluding hydrogens is 417 g/mol. The fraction of sp³-hybridized carbons (Fsp3) is 0.400. The maximum absolute atomic E-state index is 13.7. The van der Waals surface area contributed by atoms with Crippen LogP contribution in [0.4, 0.5) is 18.9 Å². The molecule has 1 aromatic carbocycles. The Morgan fingerprint density at radius 3 is 2.39 bits per heavy atom. The SMILES string of the molecule is COn1c(=O)c(NC(O)OC(C)(C)C)cc2c1c(C(F)(F)F)nn2Cc1ccccc1. The number of benzene rings is 1. The number of aliphatic hydroxyl groups is 1. The van der Waals surface area contributed by atoms with E-state index < -0.39 is 35.0 Å². The molecule has 0 fully saturated rings. The quantitative estimate of drug-likeness (QED) is 0.573. The Hall–Kier alpha value is -3.05. The van der Waals surface area contributed by atoms with E-state index in [1.807, 2.05) is 0 Å². The van der Waals surface area contributed by atoms with Crippen LogP contribution in [0.2, 0.25) is 0 Å². The highest BCUT2D eigenvalue weighted by Crippen LogP contribution is 2.34. The summed E-state index contributed by atoms with van der Waals surface area (Å²) in [5, 5.41) is 16.3. The van der Waals surface area contributed by atoms with Crippen LogP contribution in [0.15, 0.2) is 41.2 Å². The number of alkyl halides is 3. The number of hydrogen-bond acceptors (Lipinski definition) is 6. The number of aromatic nitrogens is 3. The van der Waals surface area contributed by atoms with Gasteiger partial charge in [0.15, 0.2) is 5.69 Å². The number of nitrogens with zero attached hydrogens (tertiary/aromatic N) is 3. The van der Waals surface area contributed by atoms with E-state index >= 15 is 0 Å². The number of nitrogens with one attached hydrogen (secondary N) is 1. The summed E-state index contributed by atoms with van der Waals surface area (Å²) in [6.07, 6.45) is -6.40. The second-order valence-electron chi connectivity index (χ2n) is 7.79. The fourth-order valence-corrected chi connectivity index (χ4v) is 3.06. The van der Waals surface area contributed by atoms with Crippen LogP contribution in [-0.2, 0) is 17.5 Å². The van der Waals surface area contributed by atoms with Gasteiger partial charge in [-0.15, -0.1) is 4.73 Å². The summed E-state index contributed by atoms with van der Waals surface area (Å²) < 4.78 is 48.0. The van der Waals surface area contributed by atoms with Crippen molar-refractivity contribution in [1.82, 2.24) is 14.5 Å². The van der Waals surface area contributed by atoms with Gasteiger partial charge in [-0.25, -0.2) is 0 Å². The Balaban J connectivity index is 2.19. The van der Waals surface area contributed by atoms with Crippen molar-refractivity contribution in [2.45, 2.75) is 45.5 Å². The molecule has 2 heterocycles. The fourth-order valence-electron chi connectivity index (χ4n) is 3.06. The molecule has 0 bridgehead atoms. The first kappa shape index (κ1) is 22.6. The number of fused-ring (bicyclic) bond motifs is 1. The molecular formula is C20H23F3N4O4. The lowest BCUT2D eigenvalue weighted by molar-refractivity contribution is -0.149. The number of anilines is 1. The van der Waals surface area contributed by atoms with Crippen molar-refractivity contribution >= 4 is 16.7 Å². The molecule has 0 saturated heterocycles. The number of pyridine rings is 1. The lowest BCUT2D eigenvalue weighted by Crippen LogP contribution is -2.36. The average molecular weight is 440 g/mol. The van der Waals surface area contributed by atoms with Crippen molar-refractivity contribution in [3.8, 4) is 0 Å². The molecule has 168 valence electrons. The van der Waals surface area contributed by atoms with Gasteiger partial charge in [0.25, 0.3) is 0 Å². The largest absolute Gasteiger partial charge is 0.437 e. The topological polar surface area (TPSA) is 90.5 Å². The third-order valence-corrected chi connectivity index (χ3v) is 4.24. The first-order valence-electron chi connectivity index (χ1n) is 9.35. The standard InChI is InChI=1S/C20H23F3N4O4/c1-19(2,3)31-18(29)24-13-10-14-15(27(30-4)17(13)28)16(20(21,22)23)25-26(14)11-12-8-6-5-7-9-12/h5-10,18,24,29H,11H2,1-4H3. The molecule has 1 atom stereocenters. The normalized spacial score (nSPS) is 13.4. The second kappa shape index (κ2) is 8.23. The van der Waals surface area contributed by atoms with Crippen LogP contribution in [0.3, 0.4) is 0 Å². The van der Waals surface area contributed by atoms with Crippen LogP contribution in [0.25, 0.3) is 11.0 Å². The number of ether oxygens (including phenoxy) is 1. The minimum Gasteiger partial charge on any atom is -0.413 e. The van der Waals surface area contributed by atoms with Crippen molar-refractivity contribution in [2.75, 3.05) is 12.4 Å². The average Bonchev–Trinajstić information content (AvgIpc) is 3.00. The summed E-state index contributed by atoms with van der Waals surface area (Å²) >= 11 is 0. The van der Waals surface area contributed by atoms with Crippen molar-refractivity contribution < 1.29 is 27.9 Å². The molecule has 31 heavy (non-hydrogen) atoms. The number of hydrogen-bond donors (Lipinski definition) is 2. The van der Waals surface area contributed by atoms with Crippen LogP contribution in [-0.4, -0.2) is 38.7 Å². The molecule has 2 aromatic heterocycles. The van der Waals surface area contributed by atoms with Crippen molar-refractivity contribution in [2.24, 2.45) is 0 Å². The zero-order chi connectivity index (χ0) is 23.0. The van der Waals surface area contributed by atoms with E-state index in [4.69, 9.17) is 9.57 Å². The maximum atomic E-state index is 13.7. The van der Waals surface area contributed by atoms with Gasteiger partial charge in [-0.3, -0.25) is 9.48 Å². The van der Waals surface area contributed by atoms with Gasteiger partial charge in [0.1, 0.15) is 18.3 Å². The zero-order valence-corrected chi connectivity index (χ0v) is 17.4. The third-order valence-electron chi connectivity index (χ3n) is 4.24. The lowest BCUT2D eigenvalue weighted by Gasteiger charge is -2.25. The van der Waals surface area contributed by atoms with Crippen LogP contribution in [0.5, 0.6) is 0 Å². The van der Waals surface area contributed by atoms with Crippen molar-refractivity contribution in [3.63, 3.8) is 0 Å². The highest BCUT2D eigenvalue weighted by atomic mass is 19.4. The predicted molar refractivity (Wildman–Crippen MR) is 108 cm³/mol. The Bertz CT molecular complexity index is 1120. The number of rotatable bonds is 6. The summed E-state index contributed by atoms with van der Waals surface area (Å²) in [6.45, 7) is 5.10. The number of halogens is 3. The molecule has 0 saturated carbocycles. The predicted octanol–water partition coefficient (Wildman–Crippen LogP) is 2.83. The third kappa shape index (κ3) is 5.00. The summed E-state index contributed by atoms with van der Waals surface area (Å²) in [5.74, 6) is 0. The molecule has 0 amide bonds. The Morgan fingerprint density at radius 1 is 1.19 bits per heavy atom. The van der Waals surface area contributed by atoms with E-state index in [-0.39, 0.29) is 17.7 Å². The second-order valence-corrected chi connectivity index (χ2v) is 7.79. The zero-order valence-electron chi connectivity index (χ0n) is 17.4. The van der Waals surface area contributed by atoms with Gasteiger partial charge in [-0.05, 0) is 32.4 Å². The van der Waals surface area contributed by atoms with E-state index in [1.54, 1.807) is 51.1 Å². The van der Waals surface area contributed by atoms with Gasteiger partial charge >= 0.3 is 11.7 Å². The van der Waals surface area contributed by atoms with E-state index in [2.05, 4.69) is 10.4 Å². The molecule has 11 heteroatoms. The van der Waals surface area contributed by atoms with Crippen LogP contribution in [0, 0.1) is 0 Å². The molecule has 0 spiro atoms. The van der Waals surface area contributed by atoms with E-state index in [0.29, 0.717) is 10.3 Å². The molecule has 8 nitrogen and oxygen atoms in total. The monoisotopic (exact) mass is 440 g/mol. The molecule has 1 unspecified atom stereocenters. The van der Waals surface area contributed by atoms with E-state index in [1.165, 1.54) is 6.07 Å². The molecule has 0 aliphatic carbocycles. The van der Waals surface area contributed by atoms with Crippen molar-refractivity contribution in [1.29, 1.82) is 0 Å². The van der Waals surface area contributed by atoms with Gasteiger partial charge in [-0.2, -0.15) is 18.3 Å². The molecule has 0 aliphatic heterocycles. The highest BCUT2D eigenvalue weighted by molar-refractivity contribution is 5.82. The van der Waals surface area contributed by atoms with Crippen molar-refractivity contribution in [3.05, 3.63) is 58.0 Å². The Labute approximate surface area is 175 Å². The van der Waals surface area contributed by atoms with Gasteiger partial charge in [0.05, 0.1) is 17.7 Å². The van der Waals surface area contributed by atoms with Gasteiger partial charge in [0.2, 0.25) is 6.41 Å². The van der Waals surface area contributed by atoms with Gasteiger partial charge < -0.3 is 20.0 Å². The molecule has 3 rings (SSSR count). The summed E-state index contributed by atoms with van der Waals surface area (Å²) in [5.41, 5.74) is -2.96. The van der Waals surface area contributed by atoms with Gasteiger partial charge in [0, 0.05) is 0 Å². The highest BCUT2D eigenvalue weighted by Gasteiger charge is 2.39.